The molecule has 2 aromatic rings. The average molecular weight is 385 g/mol. The number of benzene rings is 1. The summed E-state index contributed by atoms with van der Waals surface area (Å²) in [5.41, 5.74) is 3.84. The van der Waals surface area contributed by atoms with Crippen LogP contribution in [0.2, 0.25) is 0 Å². The third kappa shape index (κ3) is 3.35. The van der Waals surface area contributed by atoms with E-state index in [0.717, 1.165) is 43.6 Å². The van der Waals surface area contributed by atoms with Crippen LogP contribution in [-0.2, 0) is 21.6 Å². The number of likely N-dealkylation sites (tertiary alicyclic amines) is 1. The summed E-state index contributed by atoms with van der Waals surface area (Å²) in [5.74, 6) is 0.598. The molecule has 0 amide bonds. The molecule has 5 nitrogen and oxygen atoms in total. The first kappa shape index (κ1) is 19.5. The zero-order valence-electron chi connectivity index (χ0n) is 17.4. The van der Waals surface area contributed by atoms with Gasteiger partial charge in [-0.1, -0.05) is 19.1 Å². The quantitative estimate of drug-likeness (QED) is 0.772. The van der Waals surface area contributed by atoms with Crippen molar-refractivity contribution in [3.05, 3.63) is 35.0 Å². The minimum Gasteiger partial charge on any atom is -0.466 e. The Bertz CT molecular complexity index is 880. The van der Waals surface area contributed by atoms with Gasteiger partial charge >= 0.3 is 5.97 Å². The van der Waals surface area contributed by atoms with E-state index in [2.05, 4.69) is 35.0 Å². The van der Waals surface area contributed by atoms with E-state index in [1.54, 1.807) is 0 Å². The molecule has 3 atom stereocenters. The fraction of sp³-hybridized carbons (Fsp3) is 0.609. The number of nitrogens with zero attached hydrogens (tertiary/aromatic N) is 1. The van der Waals surface area contributed by atoms with E-state index in [9.17, 15) is 9.90 Å². The summed E-state index contributed by atoms with van der Waals surface area (Å²) >= 11 is 0. The Kier molecular flexibility index (Phi) is 5.00. The second-order valence-electron chi connectivity index (χ2n) is 9.08. The number of hydrogen-bond acceptors (Lipinski definition) is 4. The molecule has 1 fully saturated rings. The highest BCUT2D eigenvalue weighted by Crippen LogP contribution is 2.47. The molecule has 2 aliphatic rings. The number of ether oxygens (including phenoxy) is 1. The Morgan fingerprint density at radius 2 is 2.18 bits per heavy atom. The van der Waals surface area contributed by atoms with Gasteiger partial charge in [-0.05, 0) is 56.8 Å². The Labute approximate surface area is 167 Å². The molecule has 1 saturated heterocycles. The summed E-state index contributed by atoms with van der Waals surface area (Å²) in [6.45, 7) is 9.95. The molecule has 1 unspecified atom stereocenters. The van der Waals surface area contributed by atoms with E-state index in [-0.39, 0.29) is 5.97 Å². The molecule has 28 heavy (non-hydrogen) atoms. The summed E-state index contributed by atoms with van der Waals surface area (Å²) in [5, 5.41) is 12.0. The van der Waals surface area contributed by atoms with Gasteiger partial charge in [0.25, 0.3) is 0 Å². The number of fused-ring (bicyclic) bond motifs is 2. The second kappa shape index (κ2) is 7.20. The number of carbonyl (C=O) groups excluding carboxylic acids is 1. The number of aromatic amines is 1. The number of esters is 1. The molecule has 1 aromatic carbocycles. The van der Waals surface area contributed by atoms with Gasteiger partial charge in [0.05, 0.1) is 17.9 Å². The number of hydrogen-bond donors (Lipinski definition) is 2. The predicted molar refractivity (Wildman–Crippen MR) is 110 cm³/mol. The van der Waals surface area contributed by atoms with Crippen LogP contribution in [0.4, 0.5) is 0 Å². The lowest BCUT2D eigenvalue weighted by Gasteiger charge is -2.47. The SMILES string of the molecule is CCCN1C[C@H](COC(C)=O)CC2c3cccc4[nH]c(C(C)(C)O)c(c34)C[C@H]21. The Morgan fingerprint density at radius 3 is 2.86 bits per heavy atom. The van der Waals surface area contributed by atoms with Crippen LogP contribution in [0.5, 0.6) is 0 Å². The molecule has 0 bridgehead atoms. The number of rotatable bonds is 5. The normalized spacial score (nSPS) is 25.0. The van der Waals surface area contributed by atoms with Crippen molar-refractivity contribution in [2.45, 2.75) is 64.5 Å². The zero-order valence-corrected chi connectivity index (χ0v) is 17.4. The fourth-order valence-electron chi connectivity index (χ4n) is 5.41. The number of nitrogens with one attached hydrogen (secondary N) is 1. The Balaban J connectivity index is 1.77. The lowest BCUT2D eigenvalue weighted by Crippen LogP contribution is -2.51. The molecule has 1 aliphatic carbocycles. The van der Waals surface area contributed by atoms with Crippen LogP contribution in [0.3, 0.4) is 0 Å². The van der Waals surface area contributed by atoms with Gasteiger partial charge in [0.15, 0.2) is 0 Å². The first-order valence-electron chi connectivity index (χ1n) is 10.5. The van der Waals surface area contributed by atoms with E-state index in [1.807, 2.05) is 13.8 Å². The molecule has 4 rings (SSSR count). The molecule has 1 aliphatic heterocycles. The topological polar surface area (TPSA) is 65.6 Å². The molecule has 152 valence electrons. The van der Waals surface area contributed by atoms with Gasteiger partial charge in [-0.15, -0.1) is 0 Å². The highest BCUT2D eigenvalue weighted by atomic mass is 16.5. The van der Waals surface area contributed by atoms with Crippen molar-refractivity contribution in [1.29, 1.82) is 0 Å². The first-order valence-corrected chi connectivity index (χ1v) is 10.5. The number of aliphatic hydroxyl groups is 1. The fourth-order valence-corrected chi connectivity index (χ4v) is 5.41. The average Bonchev–Trinajstić information content (AvgIpc) is 3.01. The van der Waals surface area contributed by atoms with Crippen molar-refractivity contribution in [3.63, 3.8) is 0 Å². The van der Waals surface area contributed by atoms with E-state index in [0.29, 0.717) is 24.5 Å². The minimum atomic E-state index is -0.888. The summed E-state index contributed by atoms with van der Waals surface area (Å²) in [6, 6.07) is 6.92. The highest BCUT2D eigenvalue weighted by Gasteiger charge is 2.42. The molecule has 0 radical (unpaired) electrons. The maximum atomic E-state index is 11.3. The molecule has 0 saturated carbocycles. The van der Waals surface area contributed by atoms with Crippen molar-refractivity contribution < 1.29 is 14.6 Å². The van der Waals surface area contributed by atoms with Gasteiger partial charge in [0.2, 0.25) is 0 Å². The molecule has 5 heteroatoms. The lowest BCUT2D eigenvalue weighted by atomic mass is 9.71. The van der Waals surface area contributed by atoms with Gasteiger partial charge < -0.3 is 14.8 Å². The van der Waals surface area contributed by atoms with Crippen LogP contribution in [0.1, 0.15) is 63.3 Å². The number of H-pyrrole nitrogens is 1. The van der Waals surface area contributed by atoms with E-state index < -0.39 is 5.60 Å². The van der Waals surface area contributed by atoms with Crippen LogP contribution >= 0.6 is 0 Å². The third-order valence-corrected chi connectivity index (χ3v) is 6.43. The first-order chi connectivity index (χ1) is 13.3. The summed E-state index contributed by atoms with van der Waals surface area (Å²) in [4.78, 5) is 17.4. The standard InChI is InChI=1S/C23H32N2O3/c1-5-9-25-12-15(13-28-14(2)26)10-17-16-7-6-8-19-21(16)18(11-20(17)25)22(24-19)23(3,4)27/h6-8,15,17,20,24,27H,5,9-13H2,1-4H3/t15-,17?,20-/m1/s1. The zero-order chi connectivity index (χ0) is 20.1. The maximum Gasteiger partial charge on any atom is 0.302 e. The van der Waals surface area contributed by atoms with Gasteiger partial charge in [0.1, 0.15) is 0 Å². The van der Waals surface area contributed by atoms with E-state index in [1.165, 1.54) is 23.4 Å². The number of piperidine rings is 1. The van der Waals surface area contributed by atoms with Crippen LogP contribution in [-0.4, -0.2) is 46.7 Å². The van der Waals surface area contributed by atoms with Crippen molar-refractivity contribution in [2.75, 3.05) is 19.7 Å². The summed E-state index contributed by atoms with van der Waals surface area (Å²) < 4.78 is 5.37. The maximum absolute atomic E-state index is 11.3. The highest BCUT2D eigenvalue weighted by molar-refractivity contribution is 5.90. The number of aromatic nitrogens is 1. The van der Waals surface area contributed by atoms with Crippen molar-refractivity contribution >= 4 is 16.9 Å². The molecular weight excluding hydrogens is 352 g/mol. The lowest BCUT2D eigenvalue weighted by molar-refractivity contribution is -0.143. The van der Waals surface area contributed by atoms with Gasteiger partial charge in [-0.2, -0.15) is 0 Å². The van der Waals surface area contributed by atoms with E-state index in [4.69, 9.17) is 4.74 Å². The molecule has 2 heterocycles. The van der Waals surface area contributed by atoms with Crippen LogP contribution in [0.25, 0.3) is 10.9 Å². The van der Waals surface area contributed by atoms with Crippen molar-refractivity contribution in [3.8, 4) is 0 Å². The minimum absolute atomic E-state index is 0.197. The largest absolute Gasteiger partial charge is 0.466 e. The van der Waals surface area contributed by atoms with Crippen LogP contribution in [0, 0.1) is 5.92 Å². The Morgan fingerprint density at radius 1 is 1.39 bits per heavy atom. The molecule has 0 spiro atoms. The van der Waals surface area contributed by atoms with Gasteiger partial charge in [-0.25, -0.2) is 0 Å². The molecular formula is C23H32N2O3. The monoisotopic (exact) mass is 384 g/mol. The van der Waals surface area contributed by atoms with Gasteiger partial charge in [0, 0.05) is 42.2 Å². The summed E-state index contributed by atoms with van der Waals surface area (Å²) in [7, 11) is 0. The molecule has 2 N–H and O–H groups in total. The van der Waals surface area contributed by atoms with Gasteiger partial charge in [-0.3, -0.25) is 9.69 Å². The second-order valence-corrected chi connectivity index (χ2v) is 9.08. The predicted octanol–water partition coefficient (Wildman–Crippen LogP) is 3.70. The summed E-state index contributed by atoms with van der Waals surface area (Å²) in [6.07, 6.45) is 3.10. The van der Waals surface area contributed by atoms with Crippen molar-refractivity contribution in [2.24, 2.45) is 5.92 Å². The van der Waals surface area contributed by atoms with E-state index >= 15 is 0 Å². The third-order valence-electron chi connectivity index (χ3n) is 6.43. The Hall–Kier alpha value is -1.85. The smallest absolute Gasteiger partial charge is 0.302 e. The number of carbonyl (C=O) groups is 1. The van der Waals surface area contributed by atoms with Crippen molar-refractivity contribution in [1.82, 2.24) is 9.88 Å². The molecule has 1 aromatic heterocycles. The van der Waals surface area contributed by atoms with Crippen LogP contribution in [0.15, 0.2) is 18.2 Å². The van der Waals surface area contributed by atoms with Crippen LogP contribution < -0.4 is 0 Å².